The van der Waals surface area contributed by atoms with Gasteiger partial charge in [-0.25, -0.2) is 8.78 Å². The average molecular weight is 257 g/mol. The molecule has 1 heterocycles. The Morgan fingerprint density at radius 1 is 1.50 bits per heavy atom. The van der Waals surface area contributed by atoms with E-state index in [-0.39, 0.29) is 24.9 Å². The minimum absolute atomic E-state index is 0.0671. The number of ether oxygens (including phenoxy) is 1. The van der Waals surface area contributed by atoms with Gasteiger partial charge in [0.2, 0.25) is 0 Å². The van der Waals surface area contributed by atoms with E-state index in [1.54, 1.807) is 0 Å². The molecule has 18 heavy (non-hydrogen) atoms. The van der Waals surface area contributed by atoms with Gasteiger partial charge in [-0.2, -0.15) is 0 Å². The van der Waals surface area contributed by atoms with Crippen molar-refractivity contribution in [3.8, 4) is 0 Å². The van der Waals surface area contributed by atoms with Crippen molar-refractivity contribution in [3.63, 3.8) is 0 Å². The number of aliphatic hydroxyl groups is 1. The lowest BCUT2D eigenvalue weighted by Gasteiger charge is -2.31. The van der Waals surface area contributed by atoms with Gasteiger partial charge in [0.05, 0.1) is 24.9 Å². The van der Waals surface area contributed by atoms with Crippen LogP contribution in [0.3, 0.4) is 0 Å². The Hall–Kier alpha value is -1.04. The number of benzene rings is 1. The van der Waals surface area contributed by atoms with E-state index in [0.717, 1.165) is 6.07 Å². The molecule has 3 atom stereocenters. The Balaban J connectivity index is 2.45. The molecule has 0 aromatic heterocycles. The van der Waals surface area contributed by atoms with E-state index >= 15 is 0 Å². The zero-order chi connectivity index (χ0) is 13.3. The number of rotatable bonds is 3. The molecule has 0 aliphatic carbocycles. The van der Waals surface area contributed by atoms with Gasteiger partial charge in [-0.1, -0.05) is 19.1 Å². The summed E-state index contributed by atoms with van der Waals surface area (Å²) in [6.07, 6.45) is 0.434. The average Bonchev–Trinajstić information content (AvgIpc) is 2.70. The highest BCUT2D eigenvalue weighted by Crippen LogP contribution is 2.39. The first kappa shape index (κ1) is 13.4. The van der Waals surface area contributed by atoms with Gasteiger partial charge in [0.25, 0.3) is 0 Å². The Labute approximate surface area is 105 Å². The van der Waals surface area contributed by atoms with Crippen LogP contribution in [0, 0.1) is 17.6 Å². The van der Waals surface area contributed by atoms with E-state index in [2.05, 4.69) is 0 Å². The van der Waals surface area contributed by atoms with E-state index in [9.17, 15) is 13.9 Å². The molecule has 2 rings (SSSR count). The first-order valence-electron chi connectivity index (χ1n) is 6.00. The molecule has 1 aliphatic rings. The van der Waals surface area contributed by atoms with E-state index in [4.69, 9.17) is 10.5 Å². The molecular formula is C13H17F2NO2. The molecule has 0 radical (unpaired) electrons. The highest BCUT2D eigenvalue weighted by molar-refractivity contribution is 5.29. The molecule has 0 bridgehead atoms. The van der Waals surface area contributed by atoms with Gasteiger partial charge in [-0.15, -0.1) is 0 Å². The quantitative estimate of drug-likeness (QED) is 0.863. The molecule has 1 fully saturated rings. The summed E-state index contributed by atoms with van der Waals surface area (Å²) in [5.41, 5.74) is 5.07. The summed E-state index contributed by atoms with van der Waals surface area (Å²) in [7, 11) is 0. The Morgan fingerprint density at radius 2 is 2.22 bits per heavy atom. The first-order chi connectivity index (χ1) is 8.54. The lowest BCUT2D eigenvalue weighted by molar-refractivity contribution is 0.0693. The summed E-state index contributed by atoms with van der Waals surface area (Å²) in [5, 5.41) is 9.45. The molecule has 100 valence electrons. The monoisotopic (exact) mass is 257 g/mol. The zero-order valence-corrected chi connectivity index (χ0v) is 10.2. The van der Waals surface area contributed by atoms with Crippen LogP contribution in [0.5, 0.6) is 0 Å². The fourth-order valence-electron chi connectivity index (χ4n) is 2.62. The number of hydrogen-bond acceptors (Lipinski definition) is 3. The van der Waals surface area contributed by atoms with Gasteiger partial charge < -0.3 is 15.6 Å². The highest BCUT2D eigenvalue weighted by Gasteiger charge is 2.48. The lowest BCUT2D eigenvalue weighted by Crippen LogP contribution is -2.47. The minimum Gasteiger partial charge on any atom is -0.396 e. The molecule has 1 aromatic carbocycles. The van der Waals surface area contributed by atoms with Crippen molar-refractivity contribution < 1.29 is 18.6 Å². The number of nitrogens with two attached hydrogens (primary N) is 1. The minimum atomic E-state index is -1.18. The molecule has 5 heteroatoms. The maximum Gasteiger partial charge on any atom is 0.163 e. The first-order valence-corrected chi connectivity index (χ1v) is 6.00. The van der Waals surface area contributed by atoms with Gasteiger partial charge in [-0.05, 0) is 12.5 Å². The van der Waals surface area contributed by atoms with Crippen LogP contribution in [-0.2, 0) is 10.3 Å². The third-order valence-electron chi connectivity index (χ3n) is 3.70. The summed E-state index contributed by atoms with van der Waals surface area (Å²) >= 11 is 0. The summed E-state index contributed by atoms with van der Waals surface area (Å²) in [6, 6.07) is 3.90. The smallest absolute Gasteiger partial charge is 0.163 e. The summed E-state index contributed by atoms with van der Waals surface area (Å²) in [4.78, 5) is 0. The topological polar surface area (TPSA) is 55.5 Å². The predicted octanol–water partition coefficient (Wildman–Crippen LogP) is 1.54. The fourth-order valence-corrected chi connectivity index (χ4v) is 2.62. The van der Waals surface area contributed by atoms with Crippen LogP contribution in [0.15, 0.2) is 18.2 Å². The van der Waals surface area contributed by atoms with Crippen LogP contribution in [0.1, 0.15) is 18.9 Å². The van der Waals surface area contributed by atoms with Crippen molar-refractivity contribution in [1.82, 2.24) is 0 Å². The van der Waals surface area contributed by atoms with Crippen LogP contribution in [0.25, 0.3) is 0 Å². The maximum absolute atomic E-state index is 13.8. The van der Waals surface area contributed by atoms with E-state index in [1.165, 1.54) is 12.1 Å². The van der Waals surface area contributed by atoms with Gasteiger partial charge in [0.15, 0.2) is 11.6 Å². The summed E-state index contributed by atoms with van der Waals surface area (Å²) in [5.74, 6) is -2.33. The van der Waals surface area contributed by atoms with E-state index in [1.807, 2.05) is 6.92 Å². The Morgan fingerprint density at radius 3 is 2.83 bits per heavy atom. The molecule has 0 spiro atoms. The molecule has 1 saturated heterocycles. The standard InChI is InChI=1S/C13H17F2NO2/c1-2-11-9(6-17)13(16,7-18-11)8-4-3-5-10(14)12(8)15/h3-5,9,11,17H,2,6-7,16H2,1H3/t9-,11-,13-/m1/s1. The second-order valence-electron chi connectivity index (χ2n) is 4.69. The second-order valence-corrected chi connectivity index (χ2v) is 4.69. The van der Waals surface area contributed by atoms with Crippen LogP contribution >= 0.6 is 0 Å². The molecule has 3 nitrogen and oxygen atoms in total. The van der Waals surface area contributed by atoms with Gasteiger partial charge >= 0.3 is 0 Å². The fraction of sp³-hybridized carbons (Fsp3) is 0.538. The third kappa shape index (κ3) is 1.92. The van der Waals surface area contributed by atoms with Crippen molar-refractivity contribution in [2.75, 3.05) is 13.2 Å². The third-order valence-corrected chi connectivity index (χ3v) is 3.70. The molecule has 0 unspecified atom stereocenters. The largest absolute Gasteiger partial charge is 0.396 e. The highest BCUT2D eigenvalue weighted by atomic mass is 19.2. The summed E-state index contributed by atoms with van der Waals surface area (Å²) < 4.78 is 32.6. The van der Waals surface area contributed by atoms with Crippen molar-refractivity contribution in [2.45, 2.75) is 25.0 Å². The van der Waals surface area contributed by atoms with Crippen LogP contribution < -0.4 is 5.73 Å². The number of halogens is 2. The SMILES string of the molecule is CC[C@H]1OC[C@@](N)(c2cccc(F)c2F)[C@@H]1CO. The number of aliphatic hydroxyl groups excluding tert-OH is 1. The van der Waals surface area contributed by atoms with Gasteiger partial charge in [0, 0.05) is 11.5 Å². The maximum atomic E-state index is 13.8. The summed E-state index contributed by atoms with van der Waals surface area (Å²) in [6.45, 7) is 1.77. The van der Waals surface area contributed by atoms with Crippen molar-refractivity contribution in [1.29, 1.82) is 0 Å². The Bertz CT molecular complexity index is 441. The van der Waals surface area contributed by atoms with E-state index < -0.39 is 23.1 Å². The molecule has 1 aromatic rings. The zero-order valence-electron chi connectivity index (χ0n) is 10.2. The Kier molecular flexibility index (Phi) is 3.66. The van der Waals surface area contributed by atoms with E-state index in [0.29, 0.717) is 6.42 Å². The molecule has 3 N–H and O–H groups in total. The molecule has 0 saturated carbocycles. The van der Waals surface area contributed by atoms with Crippen LogP contribution in [-0.4, -0.2) is 24.4 Å². The van der Waals surface area contributed by atoms with Gasteiger partial charge in [0.1, 0.15) is 0 Å². The second kappa shape index (κ2) is 4.91. The number of hydrogen-bond donors (Lipinski definition) is 2. The van der Waals surface area contributed by atoms with Crippen LogP contribution in [0.2, 0.25) is 0 Å². The normalized spacial score (nSPS) is 31.8. The molecular weight excluding hydrogens is 240 g/mol. The predicted molar refractivity (Wildman–Crippen MR) is 62.8 cm³/mol. The van der Waals surface area contributed by atoms with Crippen LogP contribution in [0.4, 0.5) is 8.78 Å². The van der Waals surface area contributed by atoms with Crippen molar-refractivity contribution in [2.24, 2.45) is 11.7 Å². The molecule has 1 aliphatic heterocycles. The lowest BCUT2D eigenvalue weighted by atomic mass is 9.78. The van der Waals surface area contributed by atoms with Gasteiger partial charge in [-0.3, -0.25) is 0 Å². The van der Waals surface area contributed by atoms with Crippen molar-refractivity contribution >= 4 is 0 Å². The van der Waals surface area contributed by atoms with Crippen molar-refractivity contribution in [3.05, 3.63) is 35.4 Å². The molecule has 0 amide bonds.